The van der Waals surface area contributed by atoms with E-state index in [1.165, 1.54) is 0 Å². The van der Waals surface area contributed by atoms with Gasteiger partial charge in [0.1, 0.15) is 24.5 Å². The summed E-state index contributed by atoms with van der Waals surface area (Å²) in [5.74, 6) is 1.25. The van der Waals surface area contributed by atoms with Crippen LogP contribution < -0.4 is 5.32 Å². The summed E-state index contributed by atoms with van der Waals surface area (Å²) in [5, 5.41) is 12.5. The van der Waals surface area contributed by atoms with Gasteiger partial charge in [0.25, 0.3) is 0 Å². The van der Waals surface area contributed by atoms with Crippen molar-refractivity contribution in [3.05, 3.63) is 83.6 Å². The number of carbonyl (C=O) groups is 1. The first-order valence-electron chi connectivity index (χ1n) is 9.51. The van der Waals surface area contributed by atoms with Crippen molar-refractivity contribution in [1.82, 2.24) is 0 Å². The third kappa shape index (κ3) is 4.88. The molecule has 2 atom stereocenters. The molecule has 3 aromatic rings. The second-order valence-corrected chi connectivity index (χ2v) is 6.72. The molecule has 0 bridgehead atoms. The summed E-state index contributed by atoms with van der Waals surface area (Å²) in [4.78, 5) is 11.7. The van der Waals surface area contributed by atoms with Gasteiger partial charge in [0.15, 0.2) is 5.76 Å². The van der Waals surface area contributed by atoms with E-state index < -0.39 is 6.10 Å². The van der Waals surface area contributed by atoms with Crippen molar-refractivity contribution >= 4 is 5.97 Å². The molecule has 5 heteroatoms. The number of ether oxygens (including phenoxy) is 1. The Labute approximate surface area is 165 Å². The van der Waals surface area contributed by atoms with Crippen LogP contribution in [0.4, 0.5) is 0 Å². The lowest BCUT2D eigenvalue weighted by Gasteiger charge is -2.17. The number of benzene rings is 2. The van der Waals surface area contributed by atoms with Gasteiger partial charge < -0.3 is 19.6 Å². The zero-order valence-electron chi connectivity index (χ0n) is 16.2. The van der Waals surface area contributed by atoms with Gasteiger partial charge in [0.05, 0.1) is 12.2 Å². The quantitative estimate of drug-likeness (QED) is 0.588. The number of furan rings is 1. The van der Waals surface area contributed by atoms with E-state index >= 15 is 0 Å². The molecule has 0 aliphatic rings. The van der Waals surface area contributed by atoms with Gasteiger partial charge in [-0.05, 0) is 43.7 Å². The molecular formula is C23H26NO4+. The maximum absolute atomic E-state index is 11.7. The molecule has 0 aliphatic heterocycles. The normalized spacial score (nSPS) is 13.1. The summed E-state index contributed by atoms with van der Waals surface area (Å²) < 4.78 is 10.9. The lowest BCUT2D eigenvalue weighted by atomic mass is 10.0. The van der Waals surface area contributed by atoms with Crippen molar-refractivity contribution < 1.29 is 24.4 Å². The molecular weight excluding hydrogens is 354 g/mol. The van der Waals surface area contributed by atoms with E-state index in [0.29, 0.717) is 18.7 Å². The molecule has 5 nitrogen and oxygen atoms in total. The number of hydrogen-bond acceptors (Lipinski definition) is 4. The number of rotatable bonds is 8. The maximum Gasteiger partial charge on any atom is 0.338 e. The highest BCUT2D eigenvalue weighted by molar-refractivity contribution is 5.89. The smallest absolute Gasteiger partial charge is 0.338 e. The van der Waals surface area contributed by atoms with Crippen molar-refractivity contribution in [1.29, 1.82) is 0 Å². The lowest BCUT2D eigenvalue weighted by molar-refractivity contribution is -0.710. The highest BCUT2D eigenvalue weighted by atomic mass is 16.5. The summed E-state index contributed by atoms with van der Waals surface area (Å²) in [7, 11) is 0. The van der Waals surface area contributed by atoms with Crippen LogP contribution in [-0.4, -0.2) is 23.7 Å². The molecule has 146 valence electrons. The zero-order valence-corrected chi connectivity index (χ0v) is 16.2. The number of nitrogens with two attached hydrogens (primary N) is 1. The average Bonchev–Trinajstić information content (AvgIpc) is 3.21. The predicted molar refractivity (Wildman–Crippen MR) is 107 cm³/mol. The van der Waals surface area contributed by atoms with Gasteiger partial charge in [-0.2, -0.15) is 0 Å². The molecule has 0 aliphatic carbocycles. The third-order valence-corrected chi connectivity index (χ3v) is 4.67. The average molecular weight is 380 g/mol. The fraction of sp³-hybridized carbons (Fsp3) is 0.261. The number of hydrogen-bond donors (Lipinski definition) is 2. The first-order valence-corrected chi connectivity index (χ1v) is 9.51. The van der Waals surface area contributed by atoms with Gasteiger partial charge in [-0.15, -0.1) is 0 Å². The van der Waals surface area contributed by atoms with Gasteiger partial charge >= 0.3 is 5.97 Å². The van der Waals surface area contributed by atoms with Crippen LogP contribution in [0.5, 0.6) is 0 Å². The highest BCUT2D eigenvalue weighted by Crippen LogP contribution is 2.23. The molecule has 0 amide bonds. The summed E-state index contributed by atoms with van der Waals surface area (Å²) in [6.07, 6.45) is -0.536. The van der Waals surface area contributed by atoms with Gasteiger partial charge in [0.2, 0.25) is 0 Å². The molecule has 28 heavy (non-hydrogen) atoms. The van der Waals surface area contributed by atoms with Crippen LogP contribution in [-0.2, 0) is 11.3 Å². The van der Waals surface area contributed by atoms with Crippen LogP contribution >= 0.6 is 0 Å². The van der Waals surface area contributed by atoms with E-state index in [9.17, 15) is 9.90 Å². The predicted octanol–water partition coefficient (Wildman–Crippen LogP) is 3.31. The number of aliphatic hydroxyl groups excluding tert-OH is 1. The number of carbonyl (C=O) groups excluding carboxylic acids is 1. The maximum atomic E-state index is 11.7. The van der Waals surface area contributed by atoms with Gasteiger partial charge in [-0.25, -0.2) is 4.79 Å². The van der Waals surface area contributed by atoms with Crippen LogP contribution in [0.15, 0.2) is 71.1 Å². The van der Waals surface area contributed by atoms with Crippen molar-refractivity contribution in [3.63, 3.8) is 0 Å². The Morgan fingerprint density at radius 3 is 2.46 bits per heavy atom. The Kier molecular flexibility index (Phi) is 6.63. The first kappa shape index (κ1) is 19.9. The summed E-state index contributed by atoms with van der Waals surface area (Å²) in [6.45, 7) is 4.77. The number of quaternary nitrogens is 1. The fourth-order valence-corrected chi connectivity index (χ4v) is 3.01. The summed E-state index contributed by atoms with van der Waals surface area (Å²) in [5.41, 5.74) is 2.33. The Morgan fingerprint density at radius 1 is 1.07 bits per heavy atom. The van der Waals surface area contributed by atoms with E-state index in [1.54, 1.807) is 19.1 Å². The topological polar surface area (TPSA) is 76.3 Å². The second-order valence-electron chi connectivity index (χ2n) is 6.72. The van der Waals surface area contributed by atoms with Crippen LogP contribution in [0.1, 0.15) is 41.6 Å². The van der Waals surface area contributed by atoms with Crippen molar-refractivity contribution in [2.24, 2.45) is 0 Å². The van der Waals surface area contributed by atoms with E-state index in [-0.39, 0.29) is 12.0 Å². The Balaban J connectivity index is 1.59. The van der Waals surface area contributed by atoms with Crippen molar-refractivity contribution in [3.8, 4) is 11.3 Å². The minimum Gasteiger partial charge on any atom is -0.462 e. The lowest BCUT2D eigenvalue weighted by Crippen LogP contribution is -2.88. The number of aliphatic hydroxyl groups is 1. The molecule has 0 fully saturated rings. The first-order chi connectivity index (χ1) is 13.6. The molecule has 0 spiro atoms. The number of esters is 1. The van der Waals surface area contributed by atoms with E-state index in [2.05, 4.69) is 5.32 Å². The molecule has 1 heterocycles. The minimum atomic E-state index is -0.536. The fourth-order valence-electron chi connectivity index (χ4n) is 3.01. The Hall–Kier alpha value is -2.89. The SMILES string of the molecule is CCOC(=O)c1ccc(-c2ccc(C[NH2+][C@@H](C)[C@@H](O)c3ccccc3)o2)cc1. The van der Waals surface area contributed by atoms with Gasteiger partial charge in [-0.1, -0.05) is 42.5 Å². The Bertz CT molecular complexity index is 886. The van der Waals surface area contributed by atoms with Gasteiger partial charge in [0, 0.05) is 5.56 Å². The highest BCUT2D eigenvalue weighted by Gasteiger charge is 2.19. The monoisotopic (exact) mass is 380 g/mol. The zero-order chi connectivity index (χ0) is 19.9. The largest absolute Gasteiger partial charge is 0.462 e. The van der Waals surface area contributed by atoms with Gasteiger partial charge in [-0.3, -0.25) is 0 Å². The molecule has 0 saturated carbocycles. The summed E-state index contributed by atoms with van der Waals surface area (Å²) >= 11 is 0. The Morgan fingerprint density at radius 2 is 1.79 bits per heavy atom. The van der Waals surface area contributed by atoms with E-state index in [0.717, 1.165) is 22.6 Å². The van der Waals surface area contributed by atoms with Crippen LogP contribution in [0.25, 0.3) is 11.3 Å². The van der Waals surface area contributed by atoms with Crippen LogP contribution in [0.2, 0.25) is 0 Å². The van der Waals surface area contributed by atoms with Crippen molar-refractivity contribution in [2.75, 3.05) is 6.61 Å². The second kappa shape index (κ2) is 9.35. The standard InChI is InChI=1S/C23H25NO4/c1-3-27-23(26)19-11-9-17(10-12-19)21-14-13-20(28-21)15-24-16(2)22(25)18-7-5-4-6-8-18/h4-14,16,22,24-25H,3,15H2,1-2H3/p+1/t16-,22+/m0/s1. The van der Waals surface area contributed by atoms with Crippen molar-refractivity contribution in [2.45, 2.75) is 32.5 Å². The molecule has 3 N–H and O–H groups in total. The van der Waals surface area contributed by atoms with Crippen LogP contribution in [0.3, 0.4) is 0 Å². The van der Waals surface area contributed by atoms with E-state index in [1.807, 2.05) is 61.5 Å². The van der Waals surface area contributed by atoms with Crippen LogP contribution in [0, 0.1) is 0 Å². The third-order valence-electron chi connectivity index (χ3n) is 4.67. The minimum absolute atomic E-state index is 0.000175. The summed E-state index contributed by atoms with van der Waals surface area (Å²) in [6, 6.07) is 20.7. The molecule has 0 radical (unpaired) electrons. The molecule has 0 unspecified atom stereocenters. The molecule has 0 saturated heterocycles. The van der Waals surface area contributed by atoms with E-state index in [4.69, 9.17) is 9.15 Å². The molecule has 1 aromatic heterocycles. The molecule has 2 aromatic carbocycles. The molecule has 3 rings (SSSR count).